The van der Waals surface area contributed by atoms with E-state index in [4.69, 9.17) is 0 Å². The van der Waals surface area contributed by atoms with Gasteiger partial charge in [0.15, 0.2) is 0 Å². The third-order valence-corrected chi connectivity index (χ3v) is 5.70. The minimum absolute atomic E-state index is 0.00753. The molecule has 1 saturated heterocycles. The van der Waals surface area contributed by atoms with Gasteiger partial charge in [0, 0.05) is 38.3 Å². The van der Waals surface area contributed by atoms with Crippen molar-refractivity contribution in [1.82, 2.24) is 9.80 Å². The van der Waals surface area contributed by atoms with E-state index in [1.54, 1.807) is 11.3 Å². The van der Waals surface area contributed by atoms with Crippen molar-refractivity contribution in [1.29, 1.82) is 0 Å². The van der Waals surface area contributed by atoms with E-state index in [9.17, 15) is 9.59 Å². The molecule has 0 atom stereocenters. The molecule has 2 heterocycles. The summed E-state index contributed by atoms with van der Waals surface area (Å²) in [7, 11) is 0. The van der Waals surface area contributed by atoms with Crippen molar-refractivity contribution in [3.63, 3.8) is 0 Å². The minimum atomic E-state index is 0.00753. The number of amides is 2. The van der Waals surface area contributed by atoms with Crippen molar-refractivity contribution < 1.29 is 9.59 Å². The molecule has 2 amide bonds. The summed E-state index contributed by atoms with van der Waals surface area (Å²) in [6.45, 7) is 5.33. The van der Waals surface area contributed by atoms with Crippen LogP contribution < -0.4 is 5.32 Å². The first kappa shape index (κ1) is 19.6. The van der Waals surface area contributed by atoms with Crippen molar-refractivity contribution in [3.05, 3.63) is 52.2 Å². The van der Waals surface area contributed by atoms with E-state index in [2.05, 4.69) is 28.6 Å². The number of nitrogens with zero attached hydrogens (tertiary/aromatic N) is 2. The van der Waals surface area contributed by atoms with E-state index in [-0.39, 0.29) is 11.8 Å². The summed E-state index contributed by atoms with van der Waals surface area (Å²) in [4.78, 5) is 28.8. The number of benzene rings is 1. The number of rotatable bonds is 7. The van der Waals surface area contributed by atoms with Crippen molar-refractivity contribution in [2.24, 2.45) is 0 Å². The lowest BCUT2D eigenvalue weighted by Crippen LogP contribution is -2.50. The second-order valence-corrected chi connectivity index (χ2v) is 7.63. The van der Waals surface area contributed by atoms with E-state index in [1.807, 2.05) is 34.5 Å². The fraction of sp³-hybridized carbons (Fsp3) is 0.429. The average molecular weight is 386 g/mol. The first-order valence-electron chi connectivity index (χ1n) is 9.54. The van der Waals surface area contributed by atoms with Crippen molar-refractivity contribution in [2.45, 2.75) is 26.2 Å². The summed E-state index contributed by atoms with van der Waals surface area (Å²) in [6, 6.07) is 9.99. The number of carbonyl (C=O) groups excluding carboxylic acids is 2. The van der Waals surface area contributed by atoms with E-state index in [0.717, 1.165) is 37.2 Å². The Labute approximate surface area is 165 Å². The van der Waals surface area contributed by atoms with Crippen molar-refractivity contribution >= 4 is 28.8 Å². The van der Waals surface area contributed by atoms with Gasteiger partial charge < -0.3 is 10.2 Å². The maximum atomic E-state index is 12.4. The molecule has 2 aromatic rings. The highest BCUT2D eigenvalue weighted by Gasteiger charge is 2.22. The average Bonchev–Trinajstić information content (AvgIpc) is 3.20. The first-order valence-corrected chi connectivity index (χ1v) is 10.5. The summed E-state index contributed by atoms with van der Waals surface area (Å²) < 4.78 is 0. The van der Waals surface area contributed by atoms with Gasteiger partial charge in [0.2, 0.25) is 11.8 Å². The fourth-order valence-corrected chi connectivity index (χ4v) is 4.05. The minimum Gasteiger partial charge on any atom is -0.340 e. The molecular weight excluding hydrogens is 358 g/mol. The summed E-state index contributed by atoms with van der Waals surface area (Å²) in [5, 5.41) is 7.16. The zero-order valence-corrected chi connectivity index (χ0v) is 16.6. The van der Waals surface area contributed by atoms with E-state index >= 15 is 0 Å². The lowest BCUT2D eigenvalue weighted by molar-refractivity contribution is -0.133. The largest absolute Gasteiger partial charge is 0.340 e. The standard InChI is InChI=1S/C21H27N3O2S/c1-2-18-5-3-4-6-19(18)22-20(25)15-23-10-12-24(13-11-23)21(26)8-7-17-9-14-27-16-17/h3-6,9,14,16H,2,7-8,10-13,15H2,1H3,(H,22,25). The monoisotopic (exact) mass is 385 g/mol. The molecule has 3 rings (SSSR count). The van der Waals surface area contributed by atoms with Gasteiger partial charge in [-0.3, -0.25) is 14.5 Å². The molecule has 27 heavy (non-hydrogen) atoms. The van der Waals surface area contributed by atoms with Gasteiger partial charge in [0.25, 0.3) is 0 Å². The zero-order chi connectivity index (χ0) is 19.1. The quantitative estimate of drug-likeness (QED) is 0.797. The highest BCUT2D eigenvalue weighted by molar-refractivity contribution is 7.07. The molecule has 5 nitrogen and oxygen atoms in total. The van der Waals surface area contributed by atoms with Crippen LogP contribution in [0.25, 0.3) is 0 Å². The molecule has 1 aliphatic heterocycles. The normalized spacial score (nSPS) is 14.9. The highest BCUT2D eigenvalue weighted by Crippen LogP contribution is 2.15. The third-order valence-electron chi connectivity index (χ3n) is 4.97. The molecule has 0 saturated carbocycles. The Bertz CT molecular complexity index is 753. The number of hydrogen-bond acceptors (Lipinski definition) is 4. The molecule has 0 bridgehead atoms. The topological polar surface area (TPSA) is 52.7 Å². The van der Waals surface area contributed by atoms with Gasteiger partial charge in [-0.15, -0.1) is 0 Å². The predicted octanol–water partition coefficient (Wildman–Crippen LogP) is 3.03. The molecule has 144 valence electrons. The molecule has 0 aliphatic carbocycles. The lowest BCUT2D eigenvalue weighted by Gasteiger charge is -2.34. The fourth-order valence-electron chi connectivity index (χ4n) is 3.34. The van der Waals surface area contributed by atoms with Crippen LogP contribution in [-0.2, 0) is 22.4 Å². The Morgan fingerprint density at radius 1 is 1.11 bits per heavy atom. The Morgan fingerprint density at radius 2 is 1.89 bits per heavy atom. The van der Waals surface area contributed by atoms with Crippen LogP contribution in [0.1, 0.15) is 24.5 Å². The van der Waals surface area contributed by atoms with Crippen LogP contribution in [0.3, 0.4) is 0 Å². The highest BCUT2D eigenvalue weighted by atomic mass is 32.1. The van der Waals surface area contributed by atoms with Crippen LogP contribution in [0.15, 0.2) is 41.1 Å². The maximum Gasteiger partial charge on any atom is 0.238 e. The molecule has 1 N–H and O–H groups in total. The predicted molar refractivity (Wildman–Crippen MR) is 110 cm³/mol. The number of carbonyl (C=O) groups is 2. The van der Waals surface area contributed by atoms with E-state index < -0.39 is 0 Å². The van der Waals surface area contributed by atoms with Gasteiger partial charge in [-0.25, -0.2) is 0 Å². The number of thiophene rings is 1. The SMILES string of the molecule is CCc1ccccc1NC(=O)CN1CCN(C(=O)CCc2ccsc2)CC1. The number of para-hydroxylation sites is 1. The van der Waals surface area contributed by atoms with Gasteiger partial charge in [-0.05, 0) is 46.9 Å². The molecule has 1 aromatic heterocycles. The summed E-state index contributed by atoms with van der Waals surface area (Å²) in [5.41, 5.74) is 3.27. The third kappa shape index (κ3) is 5.65. The van der Waals surface area contributed by atoms with E-state index in [0.29, 0.717) is 26.1 Å². The summed E-state index contributed by atoms with van der Waals surface area (Å²) in [5.74, 6) is 0.218. The number of nitrogens with one attached hydrogen (secondary N) is 1. The first-order chi connectivity index (χ1) is 13.2. The molecular formula is C21H27N3O2S. The lowest BCUT2D eigenvalue weighted by atomic mass is 10.1. The van der Waals surface area contributed by atoms with Gasteiger partial charge in [-0.1, -0.05) is 25.1 Å². The van der Waals surface area contributed by atoms with Crippen LogP contribution in [0.2, 0.25) is 0 Å². The van der Waals surface area contributed by atoms with E-state index in [1.165, 1.54) is 5.56 Å². The Kier molecular flexibility index (Phi) is 7.01. The van der Waals surface area contributed by atoms with Crippen LogP contribution in [0, 0.1) is 0 Å². The summed E-state index contributed by atoms with van der Waals surface area (Å²) >= 11 is 1.67. The second kappa shape index (κ2) is 9.67. The van der Waals surface area contributed by atoms with Gasteiger partial charge >= 0.3 is 0 Å². The molecule has 6 heteroatoms. The molecule has 0 spiro atoms. The second-order valence-electron chi connectivity index (χ2n) is 6.85. The van der Waals surface area contributed by atoms with Crippen LogP contribution >= 0.6 is 11.3 Å². The maximum absolute atomic E-state index is 12.4. The van der Waals surface area contributed by atoms with Gasteiger partial charge in [0.1, 0.15) is 0 Å². The molecule has 0 unspecified atom stereocenters. The zero-order valence-electron chi connectivity index (χ0n) is 15.8. The van der Waals surface area contributed by atoms with Crippen molar-refractivity contribution in [2.75, 3.05) is 38.0 Å². The van der Waals surface area contributed by atoms with Crippen LogP contribution in [0.5, 0.6) is 0 Å². The summed E-state index contributed by atoms with van der Waals surface area (Å²) in [6.07, 6.45) is 2.26. The molecule has 1 aromatic carbocycles. The van der Waals surface area contributed by atoms with Crippen molar-refractivity contribution in [3.8, 4) is 0 Å². The number of aryl methyl sites for hydroxylation is 2. The Hall–Kier alpha value is -2.18. The number of piperazine rings is 1. The number of anilines is 1. The Balaban J connectivity index is 1.41. The molecule has 1 fully saturated rings. The Morgan fingerprint density at radius 3 is 2.59 bits per heavy atom. The van der Waals surface area contributed by atoms with Gasteiger partial charge in [-0.2, -0.15) is 11.3 Å². The van der Waals surface area contributed by atoms with Gasteiger partial charge in [0.05, 0.1) is 6.54 Å². The molecule has 1 aliphatic rings. The molecule has 0 radical (unpaired) electrons. The van der Waals surface area contributed by atoms with Crippen LogP contribution in [-0.4, -0.2) is 54.3 Å². The number of hydrogen-bond donors (Lipinski definition) is 1. The van der Waals surface area contributed by atoms with Crippen LogP contribution in [0.4, 0.5) is 5.69 Å². The smallest absolute Gasteiger partial charge is 0.238 e.